The van der Waals surface area contributed by atoms with Gasteiger partial charge in [0.2, 0.25) is 0 Å². The molecule has 64 valence electrons. The molecule has 1 atom stereocenters. The highest BCUT2D eigenvalue weighted by Crippen LogP contribution is 2.07. The number of thiol groups is 1. The molecule has 1 heterocycles. The van der Waals surface area contributed by atoms with E-state index in [0.717, 1.165) is 25.9 Å². The Hall–Kier alpha value is -0.380. The maximum absolute atomic E-state index is 11.2. The summed E-state index contributed by atoms with van der Waals surface area (Å²) in [5.74, 6) is 0. The van der Waals surface area contributed by atoms with Gasteiger partial charge in [-0.05, 0) is 19.8 Å². The van der Waals surface area contributed by atoms with Crippen molar-refractivity contribution < 1.29 is 4.79 Å². The van der Waals surface area contributed by atoms with E-state index < -0.39 is 0 Å². The van der Waals surface area contributed by atoms with E-state index in [1.165, 1.54) is 0 Å². The van der Waals surface area contributed by atoms with Gasteiger partial charge in [-0.25, -0.2) is 4.79 Å². The van der Waals surface area contributed by atoms with E-state index in [-0.39, 0.29) is 11.4 Å². The Morgan fingerprint density at radius 1 is 1.55 bits per heavy atom. The van der Waals surface area contributed by atoms with E-state index in [1.54, 1.807) is 0 Å². The average Bonchev–Trinajstić information content (AvgIpc) is 2.35. The molecule has 0 saturated carbocycles. The second kappa shape index (κ2) is 3.85. The summed E-state index contributed by atoms with van der Waals surface area (Å²) in [6, 6.07) is 0.0185. The normalized spacial score (nSPS) is 20.0. The van der Waals surface area contributed by atoms with Gasteiger partial charge < -0.3 is 10.2 Å². The molecule has 11 heavy (non-hydrogen) atoms. The maximum atomic E-state index is 11.2. The van der Waals surface area contributed by atoms with Crippen LogP contribution in [0.4, 0.5) is 4.79 Å². The summed E-state index contributed by atoms with van der Waals surface area (Å²) in [5, 5.41) is 2.68. The number of amides is 2. The third kappa shape index (κ3) is 2.61. The van der Waals surface area contributed by atoms with E-state index in [1.807, 2.05) is 11.8 Å². The van der Waals surface area contributed by atoms with Gasteiger partial charge in [0.05, 0.1) is 5.37 Å². The highest BCUT2D eigenvalue weighted by atomic mass is 32.1. The SMILES string of the molecule is CC(S)NC(=O)N1CCCC1. The first-order chi connectivity index (χ1) is 5.20. The van der Waals surface area contributed by atoms with Crippen LogP contribution in [0.15, 0.2) is 0 Å². The Morgan fingerprint density at radius 2 is 2.09 bits per heavy atom. The van der Waals surface area contributed by atoms with Crippen molar-refractivity contribution in [1.29, 1.82) is 0 Å². The summed E-state index contributed by atoms with van der Waals surface area (Å²) in [4.78, 5) is 13.0. The summed E-state index contributed by atoms with van der Waals surface area (Å²) in [5.41, 5.74) is 0. The molecule has 1 unspecified atom stereocenters. The highest BCUT2D eigenvalue weighted by Gasteiger charge is 2.17. The fourth-order valence-electron chi connectivity index (χ4n) is 1.19. The van der Waals surface area contributed by atoms with Crippen molar-refractivity contribution >= 4 is 18.7 Å². The molecule has 0 aliphatic carbocycles. The number of likely N-dealkylation sites (tertiary alicyclic amines) is 1. The van der Waals surface area contributed by atoms with Crippen LogP contribution < -0.4 is 5.32 Å². The monoisotopic (exact) mass is 174 g/mol. The Balaban J connectivity index is 2.28. The number of carbonyl (C=O) groups is 1. The first-order valence-electron chi connectivity index (χ1n) is 3.93. The molecule has 1 aliphatic rings. The van der Waals surface area contributed by atoms with Gasteiger partial charge in [0, 0.05) is 13.1 Å². The summed E-state index contributed by atoms with van der Waals surface area (Å²) >= 11 is 4.07. The Bertz CT molecular complexity index is 143. The average molecular weight is 174 g/mol. The van der Waals surface area contributed by atoms with Gasteiger partial charge in [0.1, 0.15) is 0 Å². The molecule has 4 heteroatoms. The van der Waals surface area contributed by atoms with Gasteiger partial charge in [0.15, 0.2) is 0 Å². The van der Waals surface area contributed by atoms with Crippen LogP contribution in [-0.2, 0) is 0 Å². The largest absolute Gasteiger partial charge is 0.327 e. The van der Waals surface area contributed by atoms with Gasteiger partial charge in [-0.1, -0.05) is 0 Å². The molecule has 0 bridgehead atoms. The molecule has 1 saturated heterocycles. The first kappa shape index (κ1) is 8.71. The number of nitrogens with zero attached hydrogens (tertiary/aromatic N) is 1. The Labute approximate surface area is 72.5 Å². The minimum absolute atomic E-state index is 0.0185. The minimum atomic E-state index is -0.0527. The van der Waals surface area contributed by atoms with Crippen LogP contribution in [-0.4, -0.2) is 29.4 Å². The lowest BCUT2D eigenvalue weighted by molar-refractivity contribution is 0.208. The lowest BCUT2D eigenvalue weighted by Crippen LogP contribution is -2.40. The smallest absolute Gasteiger partial charge is 0.318 e. The van der Waals surface area contributed by atoms with Gasteiger partial charge >= 0.3 is 6.03 Å². The van der Waals surface area contributed by atoms with Crippen LogP contribution in [0.5, 0.6) is 0 Å². The maximum Gasteiger partial charge on any atom is 0.318 e. The van der Waals surface area contributed by atoms with Crippen LogP contribution in [0.25, 0.3) is 0 Å². The Kier molecular flexibility index (Phi) is 3.05. The van der Waals surface area contributed by atoms with Crippen molar-refractivity contribution in [3.63, 3.8) is 0 Å². The highest BCUT2D eigenvalue weighted by molar-refractivity contribution is 7.80. The van der Waals surface area contributed by atoms with Crippen molar-refractivity contribution in [1.82, 2.24) is 10.2 Å². The zero-order valence-electron chi connectivity index (χ0n) is 6.71. The molecule has 0 radical (unpaired) electrons. The van der Waals surface area contributed by atoms with Crippen molar-refractivity contribution in [3.05, 3.63) is 0 Å². The third-order valence-corrected chi connectivity index (χ3v) is 1.85. The lowest BCUT2D eigenvalue weighted by atomic mass is 10.4. The van der Waals surface area contributed by atoms with Crippen LogP contribution in [0.3, 0.4) is 0 Å². The molecule has 1 aliphatic heterocycles. The molecule has 3 nitrogen and oxygen atoms in total. The molecule has 0 aromatic carbocycles. The first-order valence-corrected chi connectivity index (χ1v) is 4.45. The predicted molar refractivity (Wildman–Crippen MR) is 47.8 cm³/mol. The molecule has 0 aromatic heterocycles. The van der Waals surface area contributed by atoms with Crippen LogP contribution in [0.1, 0.15) is 19.8 Å². The van der Waals surface area contributed by atoms with Gasteiger partial charge in [-0.3, -0.25) is 0 Å². The molecular formula is C7H14N2OS. The van der Waals surface area contributed by atoms with E-state index in [0.29, 0.717) is 0 Å². The lowest BCUT2D eigenvalue weighted by Gasteiger charge is -2.17. The number of nitrogens with one attached hydrogen (secondary N) is 1. The molecule has 1 rings (SSSR count). The van der Waals surface area contributed by atoms with Crippen molar-refractivity contribution in [2.24, 2.45) is 0 Å². The fourth-order valence-corrected chi connectivity index (χ4v) is 1.30. The number of urea groups is 1. The predicted octanol–water partition coefficient (Wildman–Crippen LogP) is 1.07. The Morgan fingerprint density at radius 3 is 2.55 bits per heavy atom. The van der Waals surface area contributed by atoms with Gasteiger partial charge in [-0.15, -0.1) is 0 Å². The standard InChI is InChI=1S/C7H14N2OS/c1-6(11)8-7(10)9-4-2-3-5-9/h6,11H,2-5H2,1H3,(H,8,10). The molecule has 0 aromatic rings. The van der Waals surface area contributed by atoms with Crippen LogP contribution in [0.2, 0.25) is 0 Å². The van der Waals surface area contributed by atoms with Crippen LogP contribution in [0, 0.1) is 0 Å². The number of carbonyl (C=O) groups excluding carboxylic acids is 1. The fraction of sp³-hybridized carbons (Fsp3) is 0.857. The molecule has 2 amide bonds. The summed E-state index contributed by atoms with van der Waals surface area (Å²) in [6.45, 7) is 3.63. The molecular weight excluding hydrogens is 160 g/mol. The van der Waals surface area contributed by atoms with E-state index >= 15 is 0 Å². The number of hydrogen-bond acceptors (Lipinski definition) is 2. The summed E-state index contributed by atoms with van der Waals surface area (Å²) in [7, 11) is 0. The molecule has 0 spiro atoms. The summed E-state index contributed by atoms with van der Waals surface area (Å²) in [6.07, 6.45) is 2.27. The minimum Gasteiger partial charge on any atom is -0.327 e. The van der Waals surface area contributed by atoms with Crippen molar-refractivity contribution in [3.8, 4) is 0 Å². The van der Waals surface area contributed by atoms with E-state index in [4.69, 9.17) is 0 Å². The summed E-state index contributed by atoms with van der Waals surface area (Å²) < 4.78 is 0. The van der Waals surface area contributed by atoms with Crippen molar-refractivity contribution in [2.75, 3.05) is 13.1 Å². The second-order valence-corrected chi connectivity index (χ2v) is 3.59. The molecule has 1 fully saturated rings. The second-order valence-electron chi connectivity index (χ2n) is 2.82. The van der Waals surface area contributed by atoms with Crippen LogP contribution >= 0.6 is 12.6 Å². The number of rotatable bonds is 1. The van der Waals surface area contributed by atoms with Gasteiger partial charge in [0.25, 0.3) is 0 Å². The zero-order valence-corrected chi connectivity index (χ0v) is 7.60. The number of hydrogen-bond donors (Lipinski definition) is 2. The third-order valence-electron chi connectivity index (χ3n) is 1.73. The van der Waals surface area contributed by atoms with E-state index in [2.05, 4.69) is 17.9 Å². The zero-order chi connectivity index (χ0) is 8.27. The quantitative estimate of drug-likeness (QED) is 0.452. The topological polar surface area (TPSA) is 32.3 Å². The van der Waals surface area contributed by atoms with Crippen molar-refractivity contribution in [2.45, 2.75) is 25.1 Å². The van der Waals surface area contributed by atoms with Gasteiger partial charge in [-0.2, -0.15) is 12.6 Å². The van der Waals surface area contributed by atoms with E-state index in [9.17, 15) is 4.79 Å². The molecule has 1 N–H and O–H groups in total.